The number of anilines is 2. The lowest BCUT2D eigenvalue weighted by Crippen LogP contribution is -2.37. The minimum Gasteiger partial charge on any atom is -0.378 e. The van der Waals surface area contributed by atoms with Gasteiger partial charge in [-0.25, -0.2) is 4.98 Å². The highest BCUT2D eigenvalue weighted by atomic mass is 32.1. The van der Waals surface area contributed by atoms with E-state index in [0.717, 1.165) is 68.3 Å². The van der Waals surface area contributed by atoms with Crippen molar-refractivity contribution in [3.63, 3.8) is 0 Å². The molecule has 0 aromatic carbocycles. The number of fused-ring (bicyclic) bond motifs is 1. The van der Waals surface area contributed by atoms with E-state index >= 15 is 0 Å². The molecule has 21 heavy (non-hydrogen) atoms. The Hall–Kier alpha value is -1.44. The second-order valence-corrected chi connectivity index (χ2v) is 5.94. The van der Waals surface area contributed by atoms with Crippen molar-refractivity contribution in [2.45, 2.75) is 12.8 Å². The number of morpholine rings is 1. The fraction of sp³-hybridized carbons (Fsp3) is 0.571. The van der Waals surface area contributed by atoms with E-state index in [-0.39, 0.29) is 0 Å². The summed E-state index contributed by atoms with van der Waals surface area (Å²) in [5.41, 5.74) is 6.53. The molecule has 0 bridgehead atoms. The maximum atomic E-state index is 5.51. The van der Waals surface area contributed by atoms with Crippen LogP contribution in [0.5, 0.6) is 0 Å². The Morgan fingerprint density at radius 1 is 1.29 bits per heavy atom. The summed E-state index contributed by atoms with van der Waals surface area (Å²) in [7, 11) is 0. The van der Waals surface area contributed by atoms with Crippen LogP contribution in [-0.2, 0) is 4.74 Å². The van der Waals surface area contributed by atoms with Gasteiger partial charge in [0.25, 0.3) is 0 Å². The molecule has 3 N–H and O–H groups in total. The highest BCUT2D eigenvalue weighted by Gasteiger charge is 2.18. The standard InChI is InChI=1S/C14H21N5OS/c15-4-1-2-5-16-14-17-11-3-10-21-12(11)13(18-14)19-6-8-20-9-7-19/h3,10H,1-2,4-9,15H2,(H,16,17,18). The van der Waals surface area contributed by atoms with Crippen molar-refractivity contribution in [1.29, 1.82) is 0 Å². The third-order valence-electron chi connectivity index (χ3n) is 3.51. The molecular formula is C14H21N5OS. The summed E-state index contributed by atoms with van der Waals surface area (Å²) in [5.74, 6) is 1.74. The number of aromatic nitrogens is 2. The summed E-state index contributed by atoms with van der Waals surface area (Å²) >= 11 is 1.70. The van der Waals surface area contributed by atoms with Crippen molar-refractivity contribution in [2.75, 3.05) is 49.6 Å². The van der Waals surface area contributed by atoms with Crippen molar-refractivity contribution in [3.8, 4) is 0 Å². The fourth-order valence-corrected chi connectivity index (χ4v) is 3.23. The lowest BCUT2D eigenvalue weighted by molar-refractivity contribution is 0.122. The first kappa shape index (κ1) is 14.5. The minimum atomic E-state index is 0.708. The van der Waals surface area contributed by atoms with Crippen LogP contribution in [0.25, 0.3) is 10.2 Å². The average Bonchev–Trinajstić information content (AvgIpc) is 3.00. The number of nitrogens with two attached hydrogens (primary N) is 1. The summed E-state index contributed by atoms with van der Waals surface area (Å²) in [6.07, 6.45) is 2.05. The van der Waals surface area contributed by atoms with Gasteiger partial charge < -0.3 is 20.7 Å². The Morgan fingerprint density at radius 3 is 2.95 bits per heavy atom. The first-order chi connectivity index (χ1) is 10.4. The number of hydrogen-bond donors (Lipinski definition) is 2. The molecule has 1 saturated heterocycles. The number of hydrogen-bond acceptors (Lipinski definition) is 7. The van der Waals surface area contributed by atoms with Crippen LogP contribution in [0, 0.1) is 0 Å². The first-order valence-electron chi connectivity index (χ1n) is 7.40. The second-order valence-electron chi connectivity index (χ2n) is 5.03. The van der Waals surface area contributed by atoms with Gasteiger partial charge in [0.05, 0.1) is 23.4 Å². The number of nitrogens with one attached hydrogen (secondary N) is 1. The van der Waals surface area contributed by atoms with Crippen molar-refractivity contribution >= 4 is 33.3 Å². The lowest BCUT2D eigenvalue weighted by atomic mass is 10.3. The third kappa shape index (κ3) is 3.42. The fourth-order valence-electron chi connectivity index (χ4n) is 2.39. The first-order valence-corrected chi connectivity index (χ1v) is 8.28. The van der Waals surface area contributed by atoms with Crippen LogP contribution in [0.2, 0.25) is 0 Å². The molecule has 3 rings (SSSR count). The van der Waals surface area contributed by atoms with Gasteiger partial charge in [0.1, 0.15) is 0 Å². The van der Waals surface area contributed by atoms with Gasteiger partial charge >= 0.3 is 0 Å². The molecular weight excluding hydrogens is 286 g/mol. The summed E-state index contributed by atoms with van der Waals surface area (Å²) in [5, 5.41) is 5.38. The van der Waals surface area contributed by atoms with Gasteiger partial charge in [0.2, 0.25) is 5.95 Å². The number of ether oxygens (including phenoxy) is 1. The molecule has 0 atom stereocenters. The maximum absolute atomic E-state index is 5.51. The molecule has 0 saturated carbocycles. The highest BCUT2D eigenvalue weighted by Crippen LogP contribution is 2.30. The molecule has 1 aliphatic heterocycles. The van der Waals surface area contributed by atoms with Crippen LogP contribution in [0.4, 0.5) is 11.8 Å². The molecule has 2 aromatic rings. The van der Waals surface area contributed by atoms with Gasteiger partial charge in [-0.15, -0.1) is 11.3 Å². The number of thiophene rings is 1. The molecule has 1 fully saturated rings. The highest BCUT2D eigenvalue weighted by molar-refractivity contribution is 7.17. The third-order valence-corrected chi connectivity index (χ3v) is 4.41. The zero-order valence-corrected chi connectivity index (χ0v) is 12.9. The molecule has 2 aromatic heterocycles. The summed E-state index contributed by atoms with van der Waals surface area (Å²) in [6, 6.07) is 2.05. The molecule has 0 spiro atoms. The van der Waals surface area contributed by atoms with Crippen molar-refractivity contribution < 1.29 is 4.74 Å². The molecule has 0 amide bonds. The van der Waals surface area contributed by atoms with E-state index in [9.17, 15) is 0 Å². The van der Waals surface area contributed by atoms with Crippen molar-refractivity contribution in [2.24, 2.45) is 5.73 Å². The average molecular weight is 307 g/mol. The number of nitrogens with zero attached hydrogens (tertiary/aromatic N) is 3. The van der Waals surface area contributed by atoms with E-state index < -0.39 is 0 Å². The minimum absolute atomic E-state index is 0.708. The van der Waals surface area contributed by atoms with Crippen LogP contribution in [0.1, 0.15) is 12.8 Å². The van der Waals surface area contributed by atoms with E-state index in [4.69, 9.17) is 15.5 Å². The zero-order valence-electron chi connectivity index (χ0n) is 12.0. The normalized spacial score (nSPS) is 15.6. The molecule has 0 unspecified atom stereocenters. The molecule has 1 aliphatic rings. The largest absolute Gasteiger partial charge is 0.378 e. The molecule has 0 aliphatic carbocycles. The molecule has 0 radical (unpaired) electrons. The van der Waals surface area contributed by atoms with Crippen LogP contribution in [-0.4, -0.2) is 49.4 Å². The van der Waals surface area contributed by atoms with E-state index in [0.29, 0.717) is 5.95 Å². The van der Waals surface area contributed by atoms with Crippen LogP contribution in [0.3, 0.4) is 0 Å². The van der Waals surface area contributed by atoms with E-state index in [1.807, 2.05) is 0 Å². The van der Waals surface area contributed by atoms with Gasteiger partial charge in [-0.3, -0.25) is 0 Å². The topological polar surface area (TPSA) is 76.3 Å². The van der Waals surface area contributed by atoms with Crippen LogP contribution in [0.15, 0.2) is 11.4 Å². The number of unbranched alkanes of at least 4 members (excludes halogenated alkanes) is 1. The smallest absolute Gasteiger partial charge is 0.225 e. The SMILES string of the molecule is NCCCCNc1nc(N2CCOCC2)c2sccc2n1. The number of rotatable bonds is 6. The Labute approximate surface area is 128 Å². The quantitative estimate of drug-likeness (QED) is 0.791. The summed E-state index contributed by atoms with van der Waals surface area (Å²) in [4.78, 5) is 11.6. The maximum Gasteiger partial charge on any atom is 0.225 e. The van der Waals surface area contributed by atoms with Gasteiger partial charge in [0.15, 0.2) is 5.82 Å². The van der Waals surface area contributed by atoms with Crippen molar-refractivity contribution in [1.82, 2.24) is 9.97 Å². The van der Waals surface area contributed by atoms with Gasteiger partial charge in [0, 0.05) is 19.6 Å². The Kier molecular flexibility index (Phi) is 4.84. The molecule has 114 valence electrons. The van der Waals surface area contributed by atoms with E-state index in [1.165, 1.54) is 0 Å². The van der Waals surface area contributed by atoms with E-state index in [1.54, 1.807) is 11.3 Å². The zero-order chi connectivity index (χ0) is 14.5. The predicted octanol–water partition coefficient (Wildman–Crippen LogP) is 1.68. The van der Waals surface area contributed by atoms with Gasteiger partial charge in [-0.05, 0) is 30.8 Å². The van der Waals surface area contributed by atoms with Crippen LogP contribution < -0.4 is 16.0 Å². The van der Waals surface area contributed by atoms with Crippen molar-refractivity contribution in [3.05, 3.63) is 11.4 Å². The summed E-state index contributed by atoms with van der Waals surface area (Å²) in [6.45, 7) is 4.88. The van der Waals surface area contributed by atoms with Gasteiger partial charge in [-0.2, -0.15) is 4.98 Å². The second kappa shape index (κ2) is 7.02. The summed E-state index contributed by atoms with van der Waals surface area (Å²) < 4.78 is 6.58. The Morgan fingerprint density at radius 2 is 2.14 bits per heavy atom. The molecule has 6 nitrogen and oxygen atoms in total. The predicted molar refractivity (Wildman–Crippen MR) is 87.2 cm³/mol. The monoisotopic (exact) mass is 307 g/mol. The van der Waals surface area contributed by atoms with Crippen LogP contribution >= 0.6 is 11.3 Å². The Bertz CT molecular complexity index is 582. The van der Waals surface area contributed by atoms with Gasteiger partial charge in [-0.1, -0.05) is 0 Å². The molecule has 7 heteroatoms. The lowest BCUT2D eigenvalue weighted by Gasteiger charge is -2.28. The molecule has 3 heterocycles. The Balaban J connectivity index is 1.81. The van der Waals surface area contributed by atoms with E-state index in [2.05, 4.69) is 26.6 Å².